The molecular formula is C14H20O6Si. The van der Waals surface area contributed by atoms with E-state index >= 15 is 0 Å². The van der Waals surface area contributed by atoms with Crippen LogP contribution in [-0.2, 0) is 24.7 Å². The second-order valence-electron chi connectivity index (χ2n) is 5.20. The van der Waals surface area contributed by atoms with Crippen molar-refractivity contribution in [2.24, 2.45) is 0 Å². The molecule has 6 nitrogen and oxygen atoms in total. The molecule has 1 unspecified atom stereocenters. The third-order valence-electron chi connectivity index (χ3n) is 3.68. The molecule has 1 aromatic rings. The van der Waals surface area contributed by atoms with Crippen molar-refractivity contribution in [2.75, 3.05) is 21.3 Å². The maximum Gasteiger partial charge on any atom is 0.526 e. The zero-order valence-electron chi connectivity index (χ0n) is 12.9. The minimum atomic E-state index is -2.86. The number of carbonyl (C=O) groups excluding carboxylic acids is 1. The Labute approximate surface area is 125 Å². The Morgan fingerprint density at radius 3 is 2.43 bits per heavy atom. The van der Waals surface area contributed by atoms with Crippen LogP contribution >= 0.6 is 0 Å². The van der Waals surface area contributed by atoms with Gasteiger partial charge >= 0.3 is 8.80 Å². The van der Waals surface area contributed by atoms with Crippen molar-refractivity contribution in [1.29, 1.82) is 0 Å². The number of ether oxygens (including phenoxy) is 1. The quantitative estimate of drug-likeness (QED) is 0.455. The van der Waals surface area contributed by atoms with Crippen molar-refractivity contribution >= 4 is 14.6 Å². The molecular weight excluding hydrogens is 292 g/mol. The largest absolute Gasteiger partial charge is 0.526 e. The van der Waals surface area contributed by atoms with Gasteiger partial charge in [0.1, 0.15) is 5.75 Å². The number of carbonyl (C=O) groups is 1. The van der Waals surface area contributed by atoms with E-state index in [1.807, 2.05) is 6.07 Å². The molecule has 1 atom stereocenters. The molecule has 21 heavy (non-hydrogen) atoms. The normalized spacial score (nSPS) is 21.5. The fraction of sp³-hybridized carbons (Fsp3) is 0.500. The topological polar surface area (TPSA) is 63.2 Å². The van der Waals surface area contributed by atoms with E-state index in [1.54, 1.807) is 32.7 Å². The maximum absolute atomic E-state index is 12.5. The van der Waals surface area contributed by atoms with Crippen molar-refractivity contribution in [3.05, 3.63) is 29.3 Å². The molecule has 0 N–H and O–H groups in total. The molecule has 0 aromatic heterocycles. The molecule has 1 aliphatic carbocycles. The molecule has 1 aliphatic rings. The lowest BCUT2D eigenvalue weighted by atomic mass is 10.0. The van der Waals surface area contributed by atoms with E-state index in [9.17, 15) is 4.79 Å². The Balaban J connectivity index is 2.17. The summed E-state index contributed by atoms with van der Waals surface area (Å²) in [6.45, 7) is 3.38. The number of methoxy groups -OCH3 is 1. The van der Waals surface area contributed by atoms with Crippen molar-refractivity contribution in [3.63, 3.8) is 0 Å². The predicted octanol–water partition coefficient (Wildman–Crippen LogP) is 2.00. The molecule has 116 valence electrons. The summed E-state index contributed by atoms with van der Waals surface area (Å²) >= 11 is 0. The molecule has 0 radical (unpaired) electrons. The first-order chi connectivity index (χ1) is 9.87. The van der Waals surface area contributed by atoms with Crippen molar-refractivity contribution in [3.8, 4) is 5.75 Å². The third-order valence-corrected chi connectivity index (χ3v) is 5.55. The highest BCUT2D eigenvalue weighted by Crippen LogP contribution is 2.35. The lowest BCUT2D eigenvalue weighted by molar-refractivity contribution is -0.297. The van der Waals surface area contributed by atoms with Crippen molar-refractivity contribution < 1.29 is 27.8 Å². The highest BCUT2D eigenvalue weighted by Gasteiger charge is 2.47. The highest BCUT2D eigenvalue weighted by atomic mass is 28.4. The number of rotatable bonds is 6. The molecule has 0 aliphatic heterocycles. The van der Waals surface area contributed by atoms with Gasteiger partial charge in [0.25, 0.3) is 0 Å². The number of fused-ring (bicyclic) bond motifs is 1. The Kier molecular flexibility index (Phi) is 4.50. The molecule has 0 fully saturated rings. The number of benzene rings is 1. The van der Waals surface area contributed by atoms with E-state index in [0.717, 1.165) is 5.56 Å². The van der Waals surface area contributed by atoms with E-state index in [1.165, 1.54) is 14.2 Å². The van der Waals surface area contributed by atoms with Gasteiger partial charge in [-0.25, -0.2) is 9.46 Å². The molecule has 1 aromatic carbocycles. The fourth-order valence-electron chi connectivity index (χ4n) is 2.18. The van der Waals surface area contributed by atoms with Crippen LogP contribution in [0.4, 0.5) is 0 Å². The van der Waals surface area contributed by atoms with Gasteiger partial charge in [0, 0.05) is 32.8 Å². The second kappa shape index (κ2) is 5.86. The van der Waals surface area contributed by atoms with E-state index in [-0.39, 0.29) is 5.78 Å². The van der Waals surface area contributed by atoms with Crippen LogP contribution < -0.4 is 4.74 Å². The first kappa shape index (κ1) is 16.1. The van der Waals surface area contributed by atoms with E-state index in [2.05, 4.69) is 0 Å². The summed E-state index contributed by atoms with van der Waals surface area (Å²) in [6.07, 6.45) is 0.413. The first-order valence-electron chi connectivity index (χ1n) is 6.56. The van der Waals surface area contributed by atoms with Gasteiger partial charge in [-0.15, -0.1) is 0 Å². The second-order valence-corrected chi connectivity index (χ2v) is 7.91. The maximum atomic E-state index is 12.5. The van der Waals surface area contributed by atoms with Crippen LogP contribution in [0.5, 0.6) is 5.75 Å². The summed E-state index contributed by atoms with van der Waals surface area (Å²) in [5.74, 6) is 0.587. The van der Waals surface area contributed by atoms with Gasteiger partial charge < -0.3 is 13.6 Å². The minimum Gasteiger partial charge on any atom is -0.497 e. The number of ketones is 1. The van der Waals surface area contributed by atoms with Crippen LogP contribution in [0.15, 0.2) is 18.2 Å². The Morgan fingerprint density at radius 1 is 1.19 bits per heavy atom. The summed E-state index contributed by atoms with van der Waals surface area (Å²) in [4.78, 5) is 17.9. The van der Waals surface area contributed by atoms with Gasteiger partial charge in [-0.3, -0.25) is 4.79 Å². The first-order valence-corrected chi connectivity index (χ1v) is 8.79. The van der Waals surface area contributed by atoms with Gasteiger partial charge in [0.05, 0.1) is 7.11 Å². The van der Waals surface area contributed by atoms with Gasteiger partial charge in [-0.2, -0.15) is 0 Å². The molecule has 7 heteroatoms. The van der Waals surface area contributed by atoms with Crippen LogP contribution in [0.3, 0.4) is 0 Å². The van der Waals surface area contributed by atoms with Crippen LogP contribution in [0.2, 0.25) is 6.55 Å². The highest BCUT2D eigenvalue weighted by molar-refractivity contribution is 6.58. The monoisotopic (exact) mass is 312 g/mol. The van der Waals surface area contributed by atoms with Gasteiger partial charge in [0.2, 0.25) is 0 Å². The zero-order valence-corrected chi connectivity index (χ0v) is 13.9. The van der Waals surface area contributed by atoms with Crippen LogP contribution in [0.25, 0.3) is 0 Å². The molecule has 0 saturated carbocycles. The third kappa shape index (κ3) is 3.02. The summed E-state index contributed by atoms with van der Waals surface area (Å²) in [5.41, 5.74) is 0.420. The van der Waals surface area contributed by atoms with Crippen molar-refractivity contribution in [2.45, 2.75) is 25.5 Å². The van der Waals surface area contributed by atoms with E-state index in [4.69, 9.17) is 23.1 Å². The lowest BCUT2D eigenvalue weighted by Gasteiger charge is -2.27. The summed E-state index contributed by atoms with van der Waals surface area (Å²) in [5, 5.41) is 0. The van der Waals surface area contributed by atoms with Gasteiger partial charge in [-0.05, 0) is 30.7 Å². The molecule has 0 amide bonds. The molecule has 0 saturated heterocycles. The minimum absolute atomic E-state index is 0.122. The average Bonchev–Trinajstić information content (AvgIpc) is 2.76. The Bertz CT molecular complexity index is 542. The molecule has 0 heterocycles. The van der Waals surface area contributed by atoms with Crippen LogP contribution in [0.1, 0.15) is 22.8 Å². The molecule has 0 spiro atoms. The standard InChI is InChI=1S/C14H20O6Si/c1-14(19-20-21(5,17-3)18-4)9-10-8-11(16-2)6-7-12(10)13(14)15/h6-8H,9H2,1-5H3. The van der Waals surface area contributed by atoms with E-state index in [0.29, 0.717) is 17.7 Å². The number of hydrogen-bond acceptors (Lipinski definition) is 6. The van der Waals surface area contributed by atoms with Crippen LogP contribution in [0, 0.1) is 0 Å². The van der Waals surface area contributed by atoms with Gasteiger partial charge in [0.15, 0.2) is 11.4 Å². The number of Topliss-reactive ketones (excluding diaryl/α,β-unsaturated/α-hetero) is 1. The summed E-state index contributed by atoms with van der Waals surface area (Å²) in [6, 6.07) is 5.34. The van der Waals surface area contributed by atoms with Crippen molar-refractivity contribution in [1.82, 2.24) is 0 Å². The number of hydrogen-bond donors (Lipinski definition) is 0. The SMILES string of the molecule is COc1ccc2c(c1)CC(C)(OO[Si](C)(OC)OC)C2=O. The smallest absolute Gasteiger partial charge is 0.497 e. The zero-order chi connectivity index (χ0) is 15.7. The predicted molar refractivity (Wildman–Crippen MR) is 77.2 cm³/mol. The van der Waals surface area contributed by atoms with E-state index < -0.39 is 14.4 Å². The molecule has 0 bridgehead atoms. The average molecular weight is 312 g/mol. The van der Waals surface area contributed by atoms with Crippen LogP contribution in [-0.4, -0.2) is 41.5 Å². The lowest BCUT2D eigenvalue weighted by Crippen LogP contribution is -2.45. The Hall–Kier alpha value is -1.25. The fourth-order valence-corrected chi connectivity index (χ4v) is 2.82. The summed E-state index contributed by atoms with van der Waals surface area (Å²) in [7, 11) is 1.69. The Morgan fingerprint density at radius 2 is 1.86 bits per heavy atom. The molecule has 2 rings (SSSR count). The van der Waals surface area contributed by atoms with Gasteiger partial charge in [-0.1, -0.05) is 0 Å². The summed E-state index contributed by atoms with van der Waals surface area (Å²) < 4.78 is 20.8.